The molecule has 3 aromatic rings. The number of aryl methyl sites for hydroxylation is 1. The lowest BCUT2D eigenvalue weighted by molar-refractivity contribution is 0.0978. The van der Waals surface area contributed by atoms with E-state index in [0.717, 1.165) is 17.7 Å². The summed E-state index contributed by atoms with van der Waals surface area (Å²) in [5.74, 6) is 4.66. The van der Waals surface area contributed by atoms with Crippen LogP contribution in [-0.4, -0.2) is 35.8 Å². The van der Waals surface area contributed by atoms with Crippen molar-refractivity contribution in [2.75, 3.05) is 6.61 Å². The molecule has 0 unspecified atom stereocenters. The fourth-order valence-corrected chi connectivity index (χ4v) is 5.42. The van der Waals surface area contributed by atoms with Gasteiger partial charge in [-0.3, -0.25) is 4.79 Å². The van der Waals surface area contributed by atoms with Crippen LogP contribution >= 0.6 is 0 Å². The molecule has 0 aromatic heterocycles. The molecule has 0 bridgehead atoms. The fraction of sp³-hybridized carbons (Fsp3) is 0.160. The zero-order valence-corrected chi connectivity index (χ0v) is 21.1. The zero-order valence-electron chi connectivity index (χ0n) is 19.4. The lowest BCUT2D eigenvalue weighted by Gasteiger charge is -2.12. The molecule has 3 N–H and O–H groups in total. The van der Waals surface area contributed by atoms with Gasteiger partial charge in [-0.05, 0) is 49.4 Å². The number of benzene rings is 3. The smallest absolute Gasteiger partial charge is 0.265 e. The Morgan fingerprint density at radius 2 is 1.62 bits per heavy atom. The minimum Gasteiger partial charge on any atom is -0.492 e. The van der Waals surface area contributed by atoms with E-state index in [2.05, 4.69) is 11.8 Å². The number of rotatable bonds is 8. The van der Waals surface area contributed by atoms with Gasteiger partial charge < -0.3 is 4.74 Å². The summed E-state index contributed by atoms with van der Waals surface area (Å²) in [5.41, 5.74) is 1.82. The highest BCUT2D eigenvalue weighted by Crippen LogP contribution is 2.23. The summed E-state index contributed by atoms with van der Waals surface area (Å²) in [6, 6.07) is 15.7. The van der Waals surface area contributed by atoms with Gasteiger partial charge in [0.25, 0.3) is 15.9 Å². The molecular formula is C25H22F2N2O6S2. The van der Waals surface area contributed by atoms with Crippen LogP contribution in [0.2, 0.25) is 0 Å². The van der Waals surface area contributed by atoms with Crippen LogP contribution in [0, 0.1) is 18.8 Å². The number of nitrogens with two attached hydrogens (primary N) is 1. The number of hydrogen-bond donors (Lipinski definition) is 2. The molecular weight excluding hydrogens is 526 g/mol. The third-order valence-electron chi connectivity index (χ3n) is 4.90. The molecule has 194 valence electrons. The van der Waals surface area contributed by atoms with Crippen LogP contribution in [0.1, 0.15) is 33.5 Å². The Bertz CT molecular complexity index is 1580. The first-order chi connectivity index (χ1) is 17.4. The first kappa shape index (κ1) is 27.8. The van der Waals surface area contributed by atoms with Crippen molar-refractivity contribution >= 4 is 26.0 Å². The molecule has 0 saturated heterocycles. The van der Waals surface area contributed by atoms with E-state index in [0.29, 0.717) is 5.56 Å². The zero-order chi connectivity index (χ0) is 27.2. The Kier molecular flexibility index (Phi) is 8.65. The maximum Gasteiger partial charge on any atom is 0.265 e. The van der Waals surface area contributed by atoms with E-state index in [1.165, 1.54) is 30.3 Å². The molecule has 1 amide bonds. The summed E-state index contributed by atoms with van der Waals surface area (Å²) in [5, 5.41) is 5.09. The summed E-state index contributed by atoms with van der Waals surface area (Å²) >= 11 is 0. The predicted octanol–water partition coefficient (Wildman–Crippen LogP) is 3.19. The molecule has 0 aliphatic rings. The molecule has 12 heteroatoms. The molecule has 0 heterocycles. The number of nitrogens with one attached hydrogen (secondary N) is 1. The van der Waals surface area contributed by atoms with E-state index in [1.807, 2.05) is 19.1 Å². The van der Waals surface area contributed by atoms with Crippen LogP contribution in [-0.2, 0) is 20.0 Å². The summed E-state index contributed by atoms with van der Waals surface area (Å²) < 4.78 is 81.6. The van der Waals surface area contributed by atoms with E-state index in [-0.39, 0.29) is 23.5 Å². The van der Waals surface area contributed by atoms with Gasteiger partial charge in [-0.1, -0.05) is 41.7 Å². The highest BCUT2D eigenvalue weighted by molar-refractivity contribution is 7.92. The van der Waals surface area contributed by atoms with Crippen molar-refractivity contribution in [3.05, 3.63) is 89.0 Å². The highest BCUT2D eigenvalue weighted by Gasteiger charge is 2.26. The topological polar surface area (TPSA) is 133 Å². The second kappa shape index (κ2) is 11.5. The molecule has 0 spiro atoms. The van der Waals surface area contributed by atoms with Crippen molar-refractivity contribution in [1.29, 1.82) is 0 Å². The van der Waals surface area contributed by atoms with Crippen molar-refractivity contribution in [2.24, 2.45) is 5.14 Å². The lowest BCUT2D eigenvalue weighted by Crippen LogP contribution is -2.32. The summed E-state index contributed by atoms with van der Waals surface area (Å²) in [4.78, 5) is 11.4. The third-order valence-corrected chi connectivity index (χ3v) is 7.39. The van der Waals surface area contributed by atoms with Crippen molar-refractivity contribution in [1.82, 2.24) is 4.72 Å². The lowest BCUT2D eigenvalue weighted by atomic mass is 10.1. The van der Waals surface area contributed by atoms with Gasteiger partial charge in [-0.15, -0.1) is 0 Å². The van der Waals surface area contributed by atoms with Crippen LogP contribution in [0.4, 0.5) is 8.78 Å². The Morgan fingerprint density at radius 3 is 2.24 bits per heavy atom. The molecule has 3 aromatic carbocycles. The van der Waals surface area contributed by atoms with Crippen LogP contribution in [0.25, 0.3) is 0 Å². The van der Waals surface area contributed by atoms with Gasteiger partial charge in [-0.2, -0.15) is 0 Å². The minimum atomic E-state index is -4.65. The van der Waals surface area contributed by atoms with Gasteiger partial charge in [-0.25, -0.2) is 35.5 Å². The average Bonchev–Trinajstić information content (AvgIpc) is 2.83. The van der Waals surface area contributed by atoms with E-state index in [4.69, 9.17) is 9.88 Å². The number of alkyl halides is 2. The Balaban J connectivity index is 1.93. The van der Waals surface area contributed by atoms with Crippen LogP contribution in [0.15, 0.2) is 76.5 Å². The normalized spacial score (nSPS) is 11.5. The largest absolute Gasteiger partial charge is 0.492 e. The molecule has 37 heavy (non-hydrogen) atoms. The minimum absolute atomic E-state index is 0.00440. The fourth-order valence-electron chi connectivity index (χ4n) is 3.06. The van der Waals surface area contributed by atoms with Crippen molar-refractivity contribution < 1.29 is 35.1 Å². The standard InChI is InChI=1S/C25H22F2N2O6S2/c1-17-6-8-18(9-7-17)10-11-19-12-13-20(16-21(19)35-15-14-24(26)27)25(30)29-37(33,34)23-5-3-2-4-22(23)36(28,31)32/h2-9,12-13,16,24H,14-15H2,1H3,(H,29,30)(H2,28,31,32). The van der Waals surface area contributed by atoms with E-state index < -0.39 is 48.6 Å². The molecule has 0 saturated carbocycles. The summed E-state index contributed by atoms with van der Waals surface area (Å²) in [6.45, 7) is 1.55. The number of carbonyl (C=O) groups excluding carboxylic acids is 1. The Hall–Kier alpha value is -3.79. The van der Waals surface area contributed by atoms with E-state index in [1.54, 1.807) is 16.9 Å². The molecule has 0 atom stereocenters. The second-order valence-corrected chi connectivity index (χ2v) is 11.0. The number of carbonyl (C=O) groups is 1. The van der Waals surface area contributed by atoms with E-state index in [9.17, 15) is 30.4 Å². The molecule has 0 radical (unpaired) electrons. The van der Waals surface area contributed by atoms with Gasteiger partial charge in [0.2, 0.25) is 16.4 Å². The number of amides is 1. The van der Waals surface area contributed by atoms with Gasteiger partial charge in [0, 0.05) is 17.5 Å². The molecule has 3 rings (SSSR count). The molecule has 8 nitrogen and oxygen atoms in total. The number of sulfonamides is 2. The van der Waals surface area contributed by atoms with Crippen LogP contribution < -0.4 is 14.6 Å². The maximum absolute atomic E-state index is 12.8. The van der Waals surface area contributed by atoms with E-state index >= 15 is 0 Å². The second-order valence-electron chi connectivity index (χ2n) is 7.78. The van der Waals surface area contributed by atoms with Crippen LogP contribution in [0.3, 0.4) is 0 Å². The van der Waals surface area contributed by atoms with Gasteiger partial charge in [0.15, 0.2) is 0 Å². The van der Waals surface area contributed by atoms with Gasteiger partial charge in [0.05, 0.1) is 12.2 Å². The van der Waals surface area contributed by atoms with Crippen molar-refractivity contribution in [2.45, 2.75) is 29.6 Å². The Labute approximate surface area is 213 Å². The third kappa shape index (κ3) is 7.60. The SMILES string of the molecule is Cc1ccc(C#Cc2ccc(C(=O)NS(=O)(=O)c3ccccc3S(N)(=O)=O)cc2OCCC(F)F)cc1. The molecule has 0 aliphatic heterocycles. The number of hydrogen-bond acceptors (Lipinski definition) is 6. The number of halogens is 2. The average molecular weight is 549 g/mol. The summed E-state index contributed by atoms with van der Waals surface area (Å²) in [6.07, 6.45) is -3.18. The van der Waals surface area contributed by atoms with Crippen molar-refractivity contribution in [3.63, 3.8) is 0 Å². The summed E-state index contributed by atoms with van der Waals surface area (Å²) in [7, 11) is -9.05. The first-order valence-electron chi connectivity index (χ1n) is 10.7. The van der Waals surface area contributed by atoms with Gasteiger partial charge >= 0.3 is 0 Å². The highest BCUT2D eigenvalue weighted by atomic mass is 32.2. The maximum atomic E-state index is 12.8. The number of primary sulfonamides is 1. The first-order valence-corrected chi connectivity index (χ1v) is 13.7. The predicted molar refractivity (Wildman–Crippen MR) is 132 cm³/mol. The Morgan fingerprint density at radius 1 is 0.973 bits per heavy atom. The molecule has 0 aliphatic carbocycles. The van der Waals surface area contributed by atoms with Gasteiger partial charge in [0.1, 0.15) is 15.5 Å². The van der Waals surface area contributed by atoms with Crippen LogP contribution in [0.5, 0.6) is 5.75 Å². The van der Waals surface area contributed by atoms with Crippen molar-refractivity contribution in [3.8, 4) is 17.6 Å². The quantitative estimate of drug-likeness (QED) is 0.416. The monoisotopic (exact) mass is 548 g/mol. The molecule has 0 fully saturated rings. The number of ether oxygens (including phenoxy) is 1.